The Labute approximate surface area is 777 Å². The number of halogens is 8. The number of anilines is 2. The van der Waals surface area contributed by atoms with Crippen molar-refractivity contribution in [2.75, 3.05) is 38.2 Å². The molecule has 4 aliphatic heterocycles. The van der Waals surface area contributed by atoms with Gasteiger partial charge in [0.25, 0.3) is 0 Å². The number of nitrogens with two attached hydrogens (primary N) is 1. The molecule has 7 heterocycles. The molecule has 692 valence electrons. The van der Waals surface area contributed by atoms with Gasteiger partial charge < -0.3 is 66.2 Å². The van der Waals surface area contributed by atoms with Gasteiger partial charge in [-0.25, -0.2) is 44.8 Å². The molecule has 35 heteroatoms. The molecule has 8 N–H and O–H groups in total. The summed E-state index contributed by atoms with van der Waals surface area (Å²) in [6, 6.07) is 50.3. The number of methoxy groups -OCH3 is 4. The summed E-state index contributed by atoms with van der Waals surface area (Å²) in [4.78, 5) is 99.8. The summed E-state index contributed by atoms with van der Waals surface area (Å²) >= 11 is 2.27. The van der Waals surface area contributed by atoms with Crippen LogP contribution in [-0.4, -0.2) is 134 Å². The minimum atomic E-state index is -0.630. The van der Waals surface area contributed by atoms with Crippen LogP contribution in [0.5, 0.6) is 23.0 Å². The number of hydrogen-bond donors (Lipinski definition) is 7. The lowest BCUT2D eigenvalue weighted by molar-refractivity contribution is -0.138. The van der Waals surface area contributed by atoms with Crippen LogP contribution in [0.15, 0.2) is 219 Å². The second-order valence-electron chi connectivity index (χ2n) is 33.6. The van der Waals surface area contributed by atoms with Crippen LogP contribution in [0.2, 0.25) is 0 Å². The van der Waals surface area contributed by atoms with E-state index in [0.29, 0.717) is 40.3 Å². The first-order chi connectivity index (χ1) is 64.6. The Morgan fingerprint density at radius 1 is 0.381 bits per heavy atom. The Hall–Kier alpha value is -14.2. The highest BCUT2D eigenvalue weighted by molar-refractivity contribution is 14.1. The summed E-state index contributed by atoms with van der Waals surface area (Å²) in [5.74, 6) is -3.55. The molecule has 4 saturated carbocycles. The predicted molar refractivity (Wildman–Crippen MR) is 491 cm³/mol. The van der Waals surface area contributed by atoms with Crippen molar-refractivity contribution in [1.82, 2.24) is 55.9 Å². The number of hydrogen-bond acceptors (Lipinski definition) is 16. The lowest BCUT2D eigenvalue weighted by Crippen LogP contribution is -2.40. The zero-order valence-electron chi connectivity index (χ0n) is 72.7. The Morgan fingerprint density at radius 2 is 0.694 bits per heavy atom. The molecular formula is C99H92F7IN14O13. The fraction of sp³-hybridized carbons (Fsp3) is 0.283. The quantitative estimate of drug-likeness (QED) is 0.0275. The molecule has 8 atom stereocenters. The van der Waals surface area contributed by atoms with Gasteiger partial charge in [0, 0.05) is 80.6 Å². The fourth-order valence-electron chi connectivity index (χ4n) is 16.6. The third-order valence-corrected chi connectivity index (χ3v) is 24.9. The van der Waals surface area contributed by atoms with Crippen molar-refractivity contribution in [3.8, 4) is 40.1 Å². The molecule has 7 amide bonds. The van der Waals surface area contributed by atoms with Gasteiger partial charge in [-0.2, -0.15) is 15.3 Å². The van der Waals surface area contributed by atoms with E-state index < -0.39 is 53.4 Å². The Kier molecular flexibility index (Phi) is 28.1. The van der Waals surface area contributed by atoms with Gasteiger partial charge in [0.1, 0.15) is 17.5 Å². The van der Waals surface area contributed by atoms with E-state index in [2.05, 4.69) is 70.5 Å². The van der Waals surface area contributed by atoms with Crippen LogP contribution < -0.4 is 61.1 Å². The highest BCUT2D eigenvalue weighted by Gasteiger charge is 2.47. The van der Waals surface area contributed by atoms with Crippen LogP contribution in [0, 0.1) is 68.0 Å². The number of nitrogens with zero attached hydrogens (tertiary/aromatic N) is 8. The van der Waals surface area contributed by atoms with Gasteiger partial charge in [-0.15, -0.1) is 0 Å². The van der Waals surface area contributed by atoms with E-state index in [9.17, 15) is 69.1 Å². The van der Waals surface area contributed by atoms with Crippen molar-refractivity contribution >= 4 is 114 Å². The van der Waals surface area contributed by atoms with Gasteiger partial charge in [0.05, 0.1) is 129 Å². The summed E-state index contributed by atoms with van der Waals surface area (Å²) in [5.41, 5.74) is 14.8. The molecule has 4 saturated heterocycles. The topological polar surface area (TPSA) is 340 Å². The van der Waals surface area contributed by atoms with Crippen molar-refractivity contribution in [3.63, 3.8) is 0 Å². The van der Waals surface area contributed by atoms with E-state index in [0.717, 1.165) is 101 Å². The maximum atomic E-state index is 14.2. The molecular weight excluding hydrogens is 1850 g/mol. The van der Waals surface area contributed by atoms with Gasteiger partial charge in [-0.3, -0.25) is 38.4 Å². The molecule has 13 aromatic rings. The zero-order chi connectivity index (χ0) is 94.4. The lowest BCUT2D eigenvalue weighted by atomic mass is 9.98. The number of carbonyl (C=O) groups excluding carboxylic acids is 7. The Balaban J connectivity index is 0.000000125. The number of rotatable bonds is 20. The average molecular weight is 1950 g/mol. The fourth-order valence-corrected chi connectivity index (χ4v) is 17.2. The number of carbonyl (C=O) groups is 8. The Bertz CT molecular complexity index is 6380. The van der Waals surface area contributed by atoms with Gasteiger partial charge in [0.15, 0.2) is 46.3 Å². The number of fused-ring (bicyclic) bond motifs is 3. The third-order valence-electron chi connectivity index (χ3n) is 24.2. The number of carboxylic acids is 1. The zero-order valence-corrected chi connectivity index (χ0v) is 74.9. The molecule has 2 unspecified atom stereocenters. The minimum Gasteiger partial charge on any atom is -0.494 e. The second-order valence-corrected chi connectivity index (χ2v) is 34.9. The standard InChI is InChI=1S/2C28H24F2N4O3.C15H17FN2O3.C13H8FIN2.C11H13FN2O2.C4H6O2/c2*1-37-25-13-17(4-10-22(25)30)27-23(32-28(36)16-2-3-16)14-26(35)33(27)21-9-11-24-18(12-21)15-31-34(24)20-7-5-19(29)6-8-20;1-21-12-6-9(4-5-10(12)16)14-11(7-13(19)18-14)17-15(20)8-2-3-8;14-10-1-4-12(5-2-10)17-13-6-3-11(15)7-9(13)8-16-17;1-16-9-4-6(2-3-7(9)12)11-8(13)5-10(15)14-11;5-4(6)3-1-2-3/h2*4-13,15-16,23,27H,2-3,14H2,1H3,(H,32,36);4-6,8,11,14H,2-3,7H2,1H3,(H,17,20)(H,18,19);1-8H;2-4,8,11H,5,13H2,1H3,(H,14,15);3H,1-2H2,(H,5,6)/t2*23-,27+;11-,14?;;8-,11?;/m100.0./s1. The van der Waals surface area contributed by atoms with E-state index >= 15 is 0 Å². The minimum absolute atomic E-state index is 0.00410. The van der Waals surface area contributed by atoms with Gasteiger partial charge in [-0.05, 0) is 272 Å². The van der Waals surface area contributed by atoms with E-state index in [1.807, 2.05) is 59.4 Å². The molecule has 0 bridgehead atoms. The van der Waals surface area contributed by atoms with Gasteiger partial charge in [-0.1, -0.05) is 24.3 Å². The average Bonchev–Trinajstić information content (AvgIpc) is 1.60. The number of ether oxygens (including phenoxy) is 4. The molecule has 8 aliphatic rings. The third kappa shape index (κ3) is 21.4. The van der Waals surface area contributed by atoms with Crippen molar-refractivity contribution in [1.29, 1.82) is 0 Å². The van der Waals surface area contributed by atoms with Crippen molar-refractivity contribution in [3.05, 3.63) is 285 Å². The van der Waals surface area contributed by atoms with Crippen LogP contribution in [0.1, 0.15) is 123 Å². The van der Waals surface area contributed by atoms with Crippen LogP contribution in [0.4, 0.5) is 42.1 Å². The highest BCUT2D eigenvalue weighted by Crippen LogP contribution is 2.45. The van der Waals surface area contributed by atoms with Crippen LogP contribution >= 0.6 is 22.6 Å². The number of nitrogens with one attached hydrogen (secondary N) is 5. The summed E-state index contributed by atoms with van der Waals surface area (Å²) < 4.78 is 121. The number of amides is 7. The largest absolute Gasteiger partial charge is 0.494 e. The molecule has 0 spiro atoms. The summed E-state index contributed by atoms with van der Waals surface area (Å²) in [5, 5.41) is 38.5. The van der Waals surface area contributed by atoms with Crippen molar-refractivity contribution in [2.45, 2.75) is 125 Å². The first-order valence-electron chi connectivity index (χ1n) is 43.4. The maximum Gasteiger partial charge on any atom is 0.306 e. The van der Waals surface area contributed by atoms with Crippen LogP contribution in [0.3, 0.4) is 0 Å². The number of aromatic nitrogens is 6. The molecule has 4 aliphatic carbocycles. The van der Waals surface area contributed by atoms with Crippen LogP contribution in [-0.2, 0) is 38.4 Å². The van der Waals surface area contributed by atoms with E-state index in [1.165, 1.54) is 92.7 Å². The van der Waals surface area contributed by atoms with Crippen molar-refractivity contribution < 1.29 is 93.1 Å². The normalized spacial score (nSPS) is 19.8. The smallest absolute Gasteiger partial charge is 0.306 e. The SMILES string of the molecule is COc1cc(C2NC(=O)C[C@@H]2N)ccc1F.COc1cc(C2NC(=O)C[C@@H]2NC(=O)C2CC2)ccc1F.COc1cc([C@@H]2[C@@H](NC(=O)C3CC3)CC(=O)N2c2ccc3c(cnn3-c3ccc(F)cc3)c2)ccc1F.COc1cc([C@H]2[C@H](NC(=O)C3CC3)CC(=O)N2c2ccc3c(cnn3-c3ccc(F)cc3)c2)ccc1F.Fc1ccc(-n2ncc3cc(I)ccc32)cc1.O=C(O)C1CC1. The van der Waals surface area contributed by atoms with E-state index in [4.69, 9.17) is 29.8 Å². The van der Waals surface area contributed by atoms with Gasteiger partial charge in [0.2, 0.25) is 41.4 Å². The highest BCUT2D eigenvalue weighted by atomic mass is 127. The lowest BCUT2D eigenvalue weighted by Gasteiger charge is -2.29. The molecule has 27 nitrogen and oxygen atoms in total. The van der Waals surface area contributed by atoms with Crippen molar-refractivity contribution in [2.24, 2.45) is 29.4 Å². The number of benzene rings is 10. The van der Waals surface area contributed by atoms with E-state index in [1.54, 1.807) is 116 Å². The molecule has 10 aromatic carbocycles. The number of carboxylic acid groups (broad SMARTS) is 1. The molecule has 3 aromatic heterocycles. The molecule has 134 heavy (non-hydrogen) atoms. The molecule has 8 fully saturated rings. The van der Waals surface area contributed by atoms with Crippen LogP contribution in [0.25, 0.3) is 49.8 Å². The molecule has 21 rings (SSSR count). The maximum absolute atomic E-state index is 14.2. The summed E-state index contributed by atoms with van der Waals surface area (Å²) in [7, 11) is 5.56. The van der Waals surface area contributed by atoms with Gasteiger partial charge >= 0.3 is 5.97 Å². The second kappa shape index (κ2) is 40.5. The summed E-state index contributed by atoms with van der Waals surface area (Å²) in [6.07, 6.45) is 13.0. The first kappa shape index (κ1) is 93.0. The number of aliphatic carboxylic acids is 1. The summed E-state index contributed by atoms with van der Waals surface area (Å²) in [6.45, 7) is 0. The predicted octanol–water partition coefficient (Wildman–Crippen LogP) is 15.6. The Morgan fingerprint density at radius 3 is 1.03 bits per heavy atom. The first-order valence-corrected chi connectivity index (χ1v) is 44.5. The molecule has 0 radical (unpaired) electrons. The van der Waals surface area contributed by atoms with E-state index in [-0.39, 0.29) is 149 Å². The monoisotopic (exact) mass is 1940 g/mol.